The van der Waals surface area contributed by atoms with Gasteiger partial charge >= 0.3 is 12.2 Å². The molecule has 0 aliphatic carbocycles. The van der Waals surface area contributed by atoms with Gasteiger partial charge in [-0.2, -0.15) is 9.59 Å². The number of ketones is 1. The van der Waals surface area contributed by atoms with E-state index >= 15 is 8.78 Å². The van der Waals surface area contributed by atoms with Crippen molar-refractivity contribution in [1.82, 2.24) is 9.36 Å². The fourth-order valence-corrected chi connectivity index (χ4v) is 4.74. The van der Waals surface area contributed by atoms with Gasteiger partial charge in [0.15, 0.2) is 11.6 Å². The van der Waals surface area contributed by atoms with Crippen LogP contribution in [0.1, 0.15) is 19.8 Å². The average Bonchev–Trinajstić information content (AvgIpc) is 3.26. The van der Waals surface area contributed by atoms with Crippen LogP contribution in [0.2, 0.25) is 0 Å². The number of hydrogen-bond acceptors (Lipinski definition) is 7. The van der Waals surface area contributed by atoms with E-state index in [0.29, 0.717) is 24.9 Å². The van der Waals surface area contributed by atoms with Crippen LogP contribution in [0, 0.1) is 11.6 Å². The maximum absolute atomic E-state index is 15.2. The van der Waals surface area contributed by atoms with Gasteiger partial charge in [-0.15, -0.1) is 0 Å². The fourth-order valence-electron chi connectivity index (χ4n) is 4.74. The Labute approximate surface area is 209 Å². The molecule has 0 saturated carbocycles. The summed E-state index contributed by atoms with van der Waals surface area (Å²) in [6, 6.07) is 9.54. The van der Waals surface area contributed by atoms with E-state index in [-0.39, 0.29) is 54.9 Å². The summed E-state index contributed by atoms with van der Waals surface area (Å²) in [5.74, 6) is -1.60. The van der Waals surface area contributed by atoms with Crippen molar-refractivity contribution in [2.24, 2.45) is 0 Å². The van der Waals surface area contributed by atoms with Gasteiger partial charge in [-0.3, -0.25) is 14.4 Å². The number of fused-ring (bicyclic) bond motifs is 3. The first-order chi connectivity index (χ1) is 17.7. The van der Waals surface area contributed by atoms with Gasteiger partial charge in [-0.25, -0.2) is 18.3 Å². The van der Waals surface area contributed by atoms with Crippen LogP contribution in [0.25, 0.3) is 10.9 Å². The molecule has 194 valence electrons. The highest BCUT2D eigenvalue weighted by molar-refractivity contribution is 5.90. The maximum Gasteiger partial charge on any atom is 0.414 e. The summed E-state index contributed by atoms with van der Waals surface area (Å²) < 4.78 is 39.0. The molecule has 0 bridgehead atoms. The molecule has 10 nitrogen and oxygen atoms in total. The van der Waals surface area contributed by atoms with Crippen LogP contribution in [-0.2, 0) is 32.2 Å². The third-order valence-corrected chi connectivity index (χ3v) is 6.42. The predicted molar refractivity (Wildman–Crippen MR) is 127 cm³/mol. The first-order valence-corrected chi connectivity index (χ1v) is 11.6. The molecular formula is C25H24F2N4O6. The lowest BCUT2D eigenvalue weighted by atomic mass is 10.1. The molecule has 0 spiro atoms. The Morgan fingerprint density at radius 2 is 1.65 bits per heavy atom. The van der Waals surface area contributed by atoms with Crippen LogP contribution < -0.4 is 15.4 Å². The summed E-state index contributed by atoms with van der Waals surface area (Å²) in [6.07, 6.45) is -0.316. The van der Waals surface area contributed by atoms with Crippen LogP contribution in [0.3, 0.4) is 0 Å². The van der Waals surface area contributed by atoms with Crippen molar-refractivity contribution < 1.29 is 32.7 Å². The number of aromatic nitrogens is 2. The molecule has 2 aromatic carbocycles. The van der Waals surface area contributed by atoms with E-state index in [9.17, 15) is 14.4 Å². The monoisotopic (exact) mass is 514 g/mol. The summed E-state index contributed by atoms with van der Waals surface area (Å²) in [4.78, 5) is 55.2. The first kappa shape index (κ1) is 25.8. The second kappa shape index (κ2) is 10.8. The van der Waals surface area contributed by atoms with Gasteiger partial charge < -0.3 is 14.4 Å². The number of para-hydroxylation sites is 1. The smallest absolute Gasteiger partial charge is 0.414 e. The summed E-state index contributed by atoms with van der Waals surface area (Å²) >= 11 is 0. The lowest BCUT2D eigenvalue weighted by Gasteiger charge is -2.24. The molecule has 0 unspecified atom stereocenters. The van der Waals surface area contributed by atoms with Gasteiger partial charge in [-0.1, -0.05) is 12.1 Å². The van der Waals surface area contributed by atoms with Crippen molar-refractivity contribution >= 4 is 40.3 Å². The molecule has 1 amide bonds. The Hall–Kier alpha value is -4.31. The molecule has 1 saturated heterocycles. The summed E-state index contributed by atoms with van der Waals surface area (Å²) in [5.41, 5.74) is 0.544. The highest BCUT2D eigenvalue weighted by atomic mass is 19.1. The molecule has 5 rings (SSSR count). The van der Waals surface area contributed by atoms with E-state index in [1.807, 2.05) is 22.9 Å². The SMILES string of the molecule is CC(=O)CC[C@H]1CN(c2cc(F)c(N3CCn4c(=O)c5ccccc5n4CC3)c(F)c2)C(=O)O1.O=C=O. The molecule has 1 atom stereocenters. The van der Waals surface area contributed by atoms with Crippen LogP contribution in [-0.4, -0.2) is 53.1 Å². The molecule has 2 aliphatic heterocycles. The molecule has 3 heterocycles. The number of carbonyl (C=O) groups is 2. The van der Waals surface area contributed by atoms with Gasteiger partial charge in [0.2, 0.25) is 0 Å². The topological polar surface area (TPSA) is 111 Å². The Bertz CT molecular complexity index is 1420. The highest BCUT2D eigenvalue weighted by Gasteiger charge is 2.34. The number of amides is 1. The number of benzene rings is 2. The second-order valence-corrected chi connectivity index (χ2v) is 8.75. The predicted octanol–water partition coefficient (Wildman–Crippen LogP) is 2.71. The number of rotatable bonds is 5. The van der Waals surface area contributed by atoms with Crippen molar-refractivity contribution in [3.05, 3.63) is 58.4 Å². The first-order valence-electron chi connectivity index (χ1n) is 11.6. The third kappa shape index (κ3) is 5.14. The number of halogens is 2. The van der Waals surface area contributed by atoms with Crippen molar-refractivity contribution in [3.8, 4) is 0 Å². The van der Waals surface area contributed by atoms with E-state index in [1.54, 1.807) is 15.6 Å². The van der Waals surface area contributed by atoms with Gasteiger partial charge in [0.25, 0.3) is 5.56 Å². The molecule has 37 heavy (non-hydrogen) atoms. The molecular weight excluding hydrogens is 490 g/mol. The highest BCUT2D eigenvalue weighted by Crippen LogP contribution is 2.32. The zero-order chi connectivity index (χ0) is 26.7. The number of ether oxygens (including phenoxy) is 1. The minimum absolute atomic E-state index is 0.0182. The fraction of sp³-hybridized carbons (Fsp3) is 0.360. The Morgan fingerprint density at radius 1 is 1.03 bits per heavy atom. The zero-order valence-corrected chi connectivity index (χ0v) is 20.0. The van der Waals surface area contributed by atoms with Crippen LogP contribution >= 0.6 is 0 Å². The lowest BCUT2D eigenvalue weighted by Crippen LogP contribution is -2.30. The van der Waals surface area contributed by atoms with Crippen molar-refractivity contribution in [1.29, 1.82) is 0 Å². The van der Waals surface area contributed by atoms with E-state index < -0.39 is 23.8 Å². The van der Waals surface area contributed by atoms with Gasteiger partial charge in [0, 0.05) is 31.6 Å². The average molecular weight is 514 g/mol. The minimum atomic E-state index is -0.793. The summed E-state index contributed by atoms with van der Waals surface area (Å²) in [6.45, 7) is 2.81. The molecule has 1 fully saturated rings. The number of carbonyl (C=O) groups excluding carboxylic acids is 4. The number of hydrogen-bond donors (Lipinski definition) is 0. The second-order valence-electron chi connectivity index (χ2n) is 8.75. The largest absolute Gasteiger partial charge is 0.444 e. The number of nitrogens with zero attached hydrogens (tertiary/aromatic N) is 4. The molecule has 0 N–H and O–H groups in total. The molecule has 12 heteroatoms. The van der Waals surface area contributed by atoms with Crippen LogP contribution in [0.5, 0.6) is 0 Å². The van der Waals surface area contributed by atoms with Crippen molar-refractivity contribution in [3.63, 3.8) is 0 Å². The lowest BCUT2D eigenvalue weighted by molar-refractivity contribution is -0.191. The number of anilines is 2. The van der Waals surface area contributed by atoms with E-state index in [0.717, 1.165) is 17.6 Å². The Balaban J connectivity index is 0.00000102. The standard InChI is InChI=1S/C24H24F2N4O4.CO2/c1-15(31)6-7-17-14-28(24(33)34-17)16-12-19(25)22(20(26)13-16)27-8-10-29-21-5-3-2-4-18(21)23(32)30(29)11-9-27;2-1-3/h2-5,12-13,17H,6-11,14H2,1H3;/t17-;/m0./s1. The molecule has 1 aromatic heterocycles. The van der Waals surface area contributed by atoms with E-state index in [4.69, 9.17) is 14.3 Å². The normalized spacial score (nSPS) is 16.9. The zero-order valence-electron chi connectivity index (χ0n) is 20.0. The molecule has 2 aliphatic rings. The van der Waals surface area contributed by atoms with Crippen molar-refractivity contribution in [2.45, 2.75) is 39.0 Å². The third-order valence-electron chi connectivity index (χ3n) is 6.42. The number of Topliss-reactive ketones (excluding diaryl/α,β-unsaturated/α-hetero) is 1. The summed E-state index contributed by atoms with van der Waals surface area (Å²) in [5, 5.41) is 0.622. The van der Waals surface area contributed by atoms with Gasteiger partial charge in [-0.05, 0) is 25.5 Å². The maximum atomic E-state index is 15.2. The van der Waals surface area contributed by atoms with Crippen LogP contribution in [0.15, 0.2) is 41.2 Å². The quantitative estimate of drug-likeness (QED) is 0.515. The van der Waals surface area contributed by atoms with Gasteiger partial charge in [0.1, 0.15) is 17.6 Å². The van der Waals surface area contributed by atoms with Crippen molar-refractivity contribution in [2.75, 3.05) is 29.4 Å². The number of cyclic esters (lactones) is 1. The van der Waals surface area contributed by atoms with E-state index in [1.165, 1.54) is 11.8 Å². The van der Waals surface area contributed by atoms with E-state index in [2.05, 4.69) is 0 Å². The Morgan fingerprint density at radius 3 is 2.30 bits per heavy atom. The molecule has 3 aromatic rings. The van der Waals surface area contributed by atoms with Gasteiger partial charge in [0.05, 0.1) is 36.2 Å². The van der Waals surface area contributed by atoms with Crippen LogP contribution in [0.4, 0.5) is 25.0 Å². The summed E-state index contributed by atoms with van der Waals surface area (Å²) in [7, 11) is 0. The Kier molecular flexibility index (Phi) is 7.49. The molecule has 0 radical (unpaired) electrons. The minimum Gasteiger partial charge on any atom is -0.444 e.